The van der Waals surface area contributed by atoms with Crippen molar-refractivity contribution in [2.24, 2.45) is 0 Å². The fraction of sp³-hybridized carbons (Fsp3) is 1.00. The third-order valence-corrected chi connectivity index (χ3v) is 4.48. The van der Waals surface area contributed by atoms with Gasteiger partial charge in [-0.2, -0.15) is 0 Å². The lowest BCUT2D eigenvalue weighted by Crippen LogP contribution is -2.37. The zero-order valence-electron chi connectivity index (χ0n) is 13.6. The van der Waals surface area contributed by atoms with Gasteiger partial charge in [0.2, 0.25) is 0 Å². The second kappa shape index (κ2) is 9.73. The molecule has 0 radical (unpaired) electrons. The summed E-state index contributed by atoms with van der Waals surface area (Å²) in [4.78, 5) is 4.99. The van der Waals surface area contributed by atoms with Gasteiger partial charge in [0.1, 0.15) is 0 Å². The highest BCUT2D eigenvalue weighted by Gasteiger charge is 2.16. The standard InChI is InChI=1S/C16H35N3/c1-5-19(6-2)13-7-9-15(3)17-16-10-8-12-18(4)14-11-16/h15-17H,5-14H2,1-4H3. The number of rotatable bonds is 8. The number of nitrogens with one attached hydrogen (secondary N) is 1. The van der Waals surface area contributed by atoms with Crippen LogP contribution in [0.5, 0.6) is 0 Å². The van der Waals surface area contributed by atoms with Gasteiger partial charge in [-0.3, -0.25) is 0 Å². The number of likely N-dealkylation sites (tertiary alicyclic amines) is 1. The Morgan fingerprint density at radius 2 is 1.95 bits per heavy atom. The summed E-state index contributed by atoms with van der Waals surface area (Å²) in [6.45, 7) is 13.0. The van der Waals surface area contributed by atoms with Crippen LogP contribution in [0.1, 0.15) is 52.9 Å². The molecule has 0 bridgehead atoms. The molecular formula is C16H35N3. The Kier molecular flexibility index (Phi) is 8.67. The van der Waals surface area contributed by atoms with Gasteiger partial charge in [-0.15, -0.1) is 0 Å². The summed E-state index contributed by atoms with van der Waals surface area (Å²) in [5.41, 5.74) is 0. The molecule has 114 valence electrons. The molecule has 0 spiro atoms. The van der Waals surface area contributed by atoms with Crippen LogP contribution in [0.15, 0.2) is 0 Å². The first kappa shape index (κ1) is 16.9. The number of nitrogens with zero attached hydrogens (tertiary/aromatic N) is 2. The summed E-state index contributed by atoms with van der Waals surface area (Å²) in [5.74, 6) is 0. The van der Waals surface area contributed by atoms with Crippen LogP contribution in [-0.2, 0) is 0 Å². The summed E-state index contributed by atoms with van der Waals surface area (Å²) in [5, 5.41) is 3.84. The third-order valence-electron chi connectivity index (χ3n) is 4.48. The molecule has 1 N–H and O–H groups in total. The van der Waals surface area contributed by atoms with Crippen molar-refractivity contribution in [1.29, 1.82) is 0 Å². The first-order chi connectivity index (χ1) is 9.15. The van der Waals surface area contributed by atoms with Gasteiger partial charge in [-0.25, -0.2) is 0 Å². The molecule has 0 aliphatic carbocycles. The summed E-state index contributed by atoms with van der Waals surface area (Å²) < 4.78 is 0. The van der Waals surface area contributed by atoms with Crippen molar-refractivity contribution in [3.8, 4) is 0 Å². The molecule has 2 unspecified atom stereocenters. The largest absolute Gasteiger partial charge is 0.311 e. The minimum atomic E-state index is 0.670. The van der Waals surface area contributed by atoms with Gasteiger partial charge in [-0.05, 0) is 78.8 Å². The van der Waals surface area contributed by atoms with Crippen LogP contribution in [-0.4, -0.2) is 61.7 Å². The number of hydrogen-bond acceptors (Lipinski definition) is 3. The molecule has 1 fully saturated rings. The van der Waals surface area contributed by atoms with E-state index in [4.69, 9.17) is 0 Å². The van der Waals surface area contributed by atoms with Crippen molar-refractivity contribution >= 4 is 0 Å². The van der Waals surface area contributed by atoms with Gasteiger partial charge in [0.05, 0.1) is 0 Å². The van der Waals surface area contributed by atoms with Crippen LogP contribution < -0.4 is 5.32 Å². The Hall–Kier alpha value is -0.120. The molecular weight excluding hydrogens is 234 g/mol. The van der Waals surface area contributed by atoms with E-state index in [1.54, 1.807) is 0 Å². The van der Waals surface area contributed by atoms with Crippen LogP contribution in [0, 0.1) is 0 Å². The molecule has 1 rings (SSSR count). The average molecular weight is 269 g/mol. The predicted molar refractivity (Wildman–Crippen MR) is 84.8 cm³/mol. The van der Waals surface area contributed by atoms with Crippen LogP contribution >= 0.6 is 0 Å². The highest BCUT2D eigenvalue weighted by Crippen LogP contribution is 2.11. The van der Waals surface area contributed by atoms with Gasteiger partial charge in [0.25, 0.3) is 0 Å². The SMILES string of the molecule is CCN(CC)CCCC(C)NC1CCCN(C)CC1. The highest BCUT2D eigenvalue weighted by molar-refractivity contribution is 4.76. The first-order valence-corrected chi connectivity index (χ1v) is 8.32. The van der Waals surface area contributed by atoms with E-state index < -0.39 is 0 Å². The molecule has 1 aliphatic rings. The zero-order valence-corrected chi connectivity index (χ0v) is 13.6. The second-order valence-electron chi connectivity index (χ2n) is 6.17. The van der Waals surface area contributed by atoms with Crippen molar-refractivity contribution in [3.63, 3.8) is 0 Å². The molecule has 0 saturated carbocycles. The van der Waals surface area contributed by atoms with E-state index in [9.17, 15) is 0 Å². The maximum absolute atomic E-state index is 3.84. The van der Waals surface area contributed by atoms with Crippen LogP contribution in [0.2, 0.25) is 0 Å². The highest BCUT2D eigenvalue weighted by atomic mass is 15.1. The molecule has 19 heavy (non-hydrogen) atoms. The van der Waals surface area contributed by atoms with Crippen molar-refractivity contribution in [3.05, 3.63) is 0 Å². The fourth-order valence-electron chi connectivity index (χ4n) is 3.05. The van der Waals surface area contributed by atoms with Crippen LogP contribution in [0.4, 0.5) is 0 Å². The lowest BCUT2D eigenvalue weighted by Gasteiger charge is -2.23. The molecule has 0 amide bonds. The third kappa shape index (κ3) is 7.28. The van der Waals surface area contributed by atoms with Gasteiger partial charge in [0, 0.05) is 12.1 Å². The van der Waals surface area contributed by atoms with Gasteiger partial charge in [0.15, 0.2) is 0 Å². The minimum absolute atomic E-state index is 0.670. The summed E-state index contributed by atoms with van der Waals surface area (Å²) in [6, 6.07) is 1.41. The van der Waals surface area contributed by atoms with E-state index in [0.717, 1.165) is 6.04 Å². The monoisotopic (exact) mass is 269 g/mol. The van der Waals surface area contributed by atoms with Gasteiger partial charge in [-0.1, -0.05) is 13.8 Å². The summed E-state index contributed by atoms with van der Waals surface area (Å²) in [6.07, 6.45) is 6.65. The van der Waals surface area contributed by atoms with E-state index >= 15 is 0 Å². The van der Waals surface area contributed by atoms with Crippen LogP contribution in [0.25, 0.3) is 0 Å². The first-order valence-electron chi connectivity index (χ1n) is 8.32. The van der Waals surface area contributed by atoms with Crippen molar-refractivity contribution in [2.45, 2.75) is 65.0 Å². The second-order valence-corrected chi connectivity index (χ2v) is 6.17. The quantitative estimate of drug-likeness (QED) is 0.730. The average Bonchev–Trinajstić information content (AvgIpc) is 2.60. The Morgan fingerprint density at radius 1 is 1.21 bits per heavy atom. The molecule has 0 aromatic rings. The van der Waals surface area contributed by atoms with E-state index in [1.807, 2.05) is 0 Å². The molecule has 1 aliphatic heterocycles. The van der Waals surface area contributed by atoms with Crippen molar-refractivity contribution in [2.75, 3.05) is 39.8 Å². The smallest absolute Gasteiger partial charge is 0.00821 e. The lowest BCUT2D eigenvalue weighted by atomic mass is 10.1. The maximum atomic E-state index is 3.84. The topological polar surface area (TPSA) is 18.5 Å². The molecule has 3 nitrogen and oxygen atoms in total. The van der Waals surface area contributed by atoms with Crippen LogP contribution in [0.3, 0.4) is 0 Å². The molecule has 3 heteroatoms. The zero-order chi connectivity index (χ0) is 14.1. The van der Waals surface area contributed by atoms with E-state index in [2.05, 4.69) is 42.9 Å². The molecule has 2 atom stereocenters. The fourth-order valence-corrected chi connectivity index (χ4v) is 3.05. The molecule has 0 aromatic carbocycles. The number of hydrogen-bond donors (Lipinski definition) is 1. The Morgan fingerprint density at radius 3 is 2.63 bits per heavy atom. The summed E-state index contributed by atoms with van der Waals surface area (Å²) in [7, 11) is 2.25. The summed E-state index contributed by atoms with van der Waals surface area (Å²) >= 11 is 0. The van der Waals surface area contributed by atoms with E-state index in [-0.39, 0.29) is 0 Å². The minimum Gasteiger partial charge on any atom is -0.311 e. The Bertz CT molecular complexity index is 216. The van der Waals surface area contributed by atoms with Crippen molar-refractivity contribution < 1.29 is 0 Å². The normalized spacial score (nSPS) is 23.5. The Balaban J connectivity index is 2.14. The van der Waals surface area contributed by atoms with E-state index in [1.165, 1.54) is 64.8 Å². The molecule has 1 heterocycles. The van der Waals surface area contributed by atoms with Crippen molar-refractivity contribution in [1.82, 2.24) is 15.1 Å². The lowest BCUT2D eigenvalue weighted by molar-refractivity contribution is 0.285. The Labute approximate surface area is 120 Å². The van der Waals surface area contributed by atoms with E-state index in [0.29, 0.717) is 6.04 Å². The molecule has 1 saturated heterocycles. The predicted octanol–water partition coefficient (Wildman–Crippen LogP) is 2.57. The maximum Gasteiger partial charge on any atom is 0.00821 e. The van der Waals surface area contributed by atoms with Gasteiger partial charge < -0.3 is 15.1 Å². The van der Waals surface area contributed by atoms with Gasteiger partial charge >= 0.3 is 0 Å². The molecule has 0 aromatic heterocycles.